The normalized spacial score (nSPS) is 11.2. The third-order valence-electron chi connectivity index (χ3n) is 3.40. The number of rotatable bonds is 8. The molecule has 6 nitrogen and oxygen atoms in total. The van der Waals surface area contributed by atoms with Crippen molar-refractivity contribution >= 4 is 34.7 Å². The summed E-state index contributed by atoms with van der Waals surface area (Å²) in [5.41, 5.74) is 2.06. The molecule has 4 N–H and O–H groups in total. The summed E-state index contributed by atoms with van der Waals surface area (Å²) in [4.78, 5) is 9.00. The van der Waals surface area contributed by atoms with Gasteiger partial charge in [-0.15, -0.1) is 0 Å². The topological polar surface area (TPSA) is 85.7 Å². The van der Waals surface area contributed by atoms with Gasteiger partial charge in [0, 0.05) is 48.2 Å². The maximum atomic E-state index is 7.49. The molecule has 0 atom stereocenters. The predicted octanol–water partition coefficient (Wildman–Crippen LogP) is 3.86. The van der Waals surface area contributed by atoms with Crippen molar-refractivity contribution in [1.29, 1.82) is 5.41 Å². The molecule has 0 saturated heterocycles. The highest BCUT2D eigenvalue weighted by molar-refractivity contribution is 6.36. The van der Waals surface area contributed by atoms with Gasteiger partial charge in [-0.2, -0.15) is 0 Å². The van der Waals surface area contributed by atoms with E-state index in [-0.39, 0.29) is 0 Å². The summed E-state index contributed by atoms with van der Waals surface area (Å²) in [6, 6.07) is 7.14. The highest BCUT2D eigenvalue weighted by Gasteiger charge is 2.09. The van der Waals surface area contributed by atoms with Crippen molar-refractivity contribution in [2.75, 3.05) is 25.5 Å². The van der Waals surface area contributed by atoms with Crippen LogP contribution >= 0.6 is 23.2 Å². The fraction of sp³-hybridized carbons (Fsp3) is 0.278. The second-order valence-corrected chi connectivity index (χ2v) is 6.53. The zero-order valence-electron chi connectivity index (χ0n) is 15.0. The number of aromatic nitrogens is 2. The Morgan fingerprint density at radius 3 is 2.62 bits per heavy atom. The Hall–Kier alpha value is -2.31. The van der Waals surface area contributed by atoms with E-state index in [1.165, 1.54) is 0 Å². The first-order chi connectivity index (χ1) is 12.4. The van der Waals surface area contributed by atoms with Crippen LogP contribution in [-0.4, -0.2) is 35.8 Å². The van der Waals surface area contributed by atoms with E-state index < -0.39 is 0 Å². The van der Waals surface area contributed by atoms with Crippen LogP contribution in [0, 0.1) is 12.3 Å². The van der Waals surface area contributed by atoms with Gasteiger partial charge in [0.25, 0.3) is 0 Å². The summed E-state index contributed by atoms with van der Waals surface area (Å²) in [5.74, 6) is 2.07. The molecule has 0 amide bonds. The molecule has 0 unspecified atom stereocenters. The lowest BCUT2D eigenvalue weighted by Gasteiger charge is -2.12. The SMILES string of the molecule is CN/C(=C\C(C)=N)NCCNc1cc(C)nc(-c2ccc(Cl)cc2Cl)n1. The van der Waals surface area contributed by atoms with Gasteiger partial charge in [0.15, 0.2) is 5.82 Å². The first kappa shape index (κ1) is 20.0. The molecule has 1 heterocycles. The lowest BCUT2D eigenvalue weighted by atomic mass is 10.2. The number of nitrogens with one attached hydrogen (secondary N) is 4. The smallest absolute Gasteiger partial charge is 0.163 e. The highest BCUT2D eigenvalue weighted by Crippen LogP contribution is 2.28. The van der Waals surface area contributed by atoms with Crippen LogP contribution in [0.5, 0.6) is 0 Å². The molecule has 0 aliphatic carbocycles. The summed E-state index contributed by atoms with van der Waals surface area (Å²) < 4.78 is 0. The number of nitrogens with zero attached hydrogens (tertiary/aromatic N) is 2. The van der Waals surface area contributed by atoms with Gasteiger partial charge in [0.1, 0.15) is 11.6 Å². The molecule has 0 spiro atoms. The predicted molar refractivity (Wildman–Crippen MR) is 109 cm³/mol. The third kappa shape index (κ3) is 5.89. The van der Waals surface area contributed by atoms with E-state index in [2.05, 4.69) is 25.9 Å². The van der Waals surface area contributed by atoms with E-state index in [4.69, 9.17) is 28.6 Å². The Labute approximate surface area is 163 Å². The molecular formula is C18H22Cl2N6. The lowest BCUT2D eigenvalue weighted by molar-refractivity contribution is 0.746. The van der Waals surface area contributed by atoms with Gasteiger partial charge < -0.3 is 21.4 Å². The number of aryl methyl sites for hydroxylation is 1. The quantitative estimate of drug-likeness (QED) is 0.404. The van der Waals surface area contributed by atoms with Crippen molar-refractivity contribution in [1.82, 2.24) is 20.6 Å². The van der Waals surface area contributed by atoms with Crippen molar-refractivity contribution in [3.63, 3.8) is 0 Å². The van der Waals surface area contributed by atoms with Gasteiger partial charge in [-0.05, 0) is 38.1 Å². The largest absolute Gasteiger partial charge is 0.375 e. The van der Waals surface area contributed by atoms with Crippen molar-refractivity contribution in [2.24, 2.45) is 0 Å². The van der Waals surface area contributed by atoms with Crippen LogP contribution in [0.2, 0.25) is 10.0 Å². The second kappa shape index (κ2) is 9.40. The molecule has 8 heteroatoms. The van der Waals surface area contributed by atoms with Crippen molar-refractivity contribution < 1.29 is 0 Å². The minimum Gasteiger partial charge on any atom is -0.375 e. The minimum atomic E-state index is 0.478. The van der Waals surface area contributed by atoms with Crippen LogP contribution in [0.1, 0.15) is 12.6 Å². The average Bonchev–Trinajstić information content (AvgIpc) is 2.56. The molecule has 2 rings (SSSR count). The van der Waals surface area contributed by atoms with E-state index in [9.17, 15) is 0 Å². The fourth-order valence-electron chi connectivity index (χ4n) is 2.27. The molecule has 0 saturated carbocycles. The van der Waals surface area contributed by atoms with E-state index in [0.717, 1.165) is 22.9 Å². The maximum Gasteiger partial charge on any atom is 0.163 e. The summed E-state index contributed by atoms with van der Waals surface area (Å²) in [7, 11) is 1.81. The van der Waals surface area contributed by atoms with Crippen LogP contribution in [0.3, 0.4) is 0 Å². The van der Waals surface area contributed by atoms with Gasteiger partial charge in [-0.25, -0.2) is 9.97 Å². The molecule has 0 bridgehead atoms. The number of benzene rings is 1. The van der Waals surface area contributed by atoms with Crippen LogP contribution in [-0.2, 0) is 0 Å². The molecule has 0 fully saturated rings. The standard InChI is InChI=1S/C18H22Cl2N6/c1-11(21)8-16(22-3)23-6-7-24-17-9-12(2)25-18(26-17)14-5-4-13(19)10-15(14)20/h4-5,8-10,21-23H,6-7H2,1-3H3,(H,24,25,26)/b16-8+,21-11?. The van der Waals surface area contributed by atoms with Gasteiger partial charge in [0.05, 0.1) is 5.02 Å². The minimum absolute atomic E-state index is 0.478. The highest BCUT2D eigenvalue weighted by atomic mass is 35.5. The van der Waals surface area contributed by atoms with Crippen molar-refractivity contribution in [3.05, 3.63) is 51.9 Å². The number of hydrogen-bond donors (Lipinski definition) is 4. The number of anilines is 1. The van der Waals surface area contributed by atoms with E-state index >= 15 is 0 Å². The van der Waals surface area contributed by atoms with Crippen LogP contribution in [0.15, 0.2) is 36.2 Å². The zero-order valence-corrected chi connectivity index (χ0v) is 16.5. The number of allylic oxidation sites excluding steroid dienone is 1. The average molecular weight is 393 g/mol. The lowest BCUT2D eigenvalue weighted by Crippen LogP contribution is -2.28. The monoisotopic (exact) mass is 392 g/mol. The molecular weight excluding hydrogens is 371 g/mol. The summed E-state index contributed by atoms with van der Waals surface area (Å²) >= 11 is 12.2. The summed E-state index contributed by atoms with van der Waals surface area (Å²) in [5, 5.41) is 18.1. The van der Waals surface area contributed by atoms with Crippen LogP contribution in [0.4, 0.5) is 5.82 Å². The van der Waals surface area contributed by atoms with Crippen molar-refractivity contribution in [2.45, 2.75) is 13.8 Å². The van der Waals surface area contributed by atoms with Crippen LogP contribution in [0.25, 0.3) is 11.4 Å². The molecule has 0 radical (unpaired) electrons. The third-order valence-corrected chi connectivity index (χ3v) is 3.95. The molecule has 1 aromatic heterocycles. The Morgan fingerprint density at radius 2 is 1.96 bits per heavy atom. The molecule has 1 aromatic carbocycles. The zero-order chi connectivity index (χ0) is 19.1. The van der Waals surface area contributed by atoms with Gasteiger partial charge in [0.2, 0.25) is 0 Å². The van der Waals surface area contributed by atoms with Crippen molar-refractivity contribution in [3.8, 4) is 11.4 Å². The summed E-state index contributed by atoms with van der Waals surface area (Å²) in [6.07, 6.45) is 1.73. The summed E-state index contributed by atoms with van der Waals surface area (Å²) in [6.45, 7) is 4.96. The molecule has 26 heavy (non-hydrogen) atoms. The van der Waals surface area contributed by atoms with E-state index in [1.807, 2.05) is 26.1 Å². The number of halogens is 2. The second-order valence-electron chi connectivity index (χ2n) is 5.69. The first-order valence-electron chi connectivity index (χ1n) is 8.12. The fourth-order valence-corrected chi connectivity index (χ4v) is 2.76. The van der Waals surface area contributed by atoms with E-state index in [1.54, 1.807) is 25.1 Å². The first-order valence-corrected chi connectivity index (χ1v) is 8.88. The van der Waals surface area contributed by atoms with Crippen LogP contribution < -0.4 is 16.0 Å². The molecule has 0 aliphatic heterocycles. The molecule has 138 valence electrons. The Morgan fingerprint density at radius 1 is 1.19 bits per heavy atom. The maximum absolute atomic E-state index is 7.49. The van der Waals surface area contributed by atoms with E-state index in [0.29, 0.717) is 34.7 Å². The van der Waals surface area contributed by atoms with Gasteiger partial charge in [-0.1, -0.05) is 23.2 Å². The Bertz CT molecular complexity index is 819. The molecule has 2 aromatic rings. The Balaban J connectivity index is 2.05. The van der Waals surface area contributed by atoms with Gasteiger partial charge >= 0.3 is 0 Å². The Kier molecular flexibility index (Phi) is 7.24. The van der Waals surface area contributed by atoms with Gasteiger partial charge in [-0.3, -0.25) is 0 Å². The number of hydrogen-bond acceptors (Lipinski definition) is 6. The molecule has 0 aliphatic rings.